The number of morpholine rings is 1. The first-order chi connectivity index (χ1) is 14.5. The van der Waals surface area contributed by atoms with Crippen LogP contribution in [0.2, 0.25) is 5.02 Å². The van der Waals surface area contributed by atoms with Crippen molar-refractivity contribution in [1.29, 1.82) is 0 Å². The number of rotatable bonds is 5. The van der Waals surface area contributed by atoms with Crippen LogP contribution in [0.15, 0.2) is 42.5 Å². The Bertz CT molecular complexity index is 949. The molecule has 2 amide bonds. The summed E-state index contributed by atoms with van der Waals surface area (Å²) in [6.07, 6.45) is 0. The summed E-state index contributed by atoms with van der Waals surface area (Å²) >= 11 is 6.08. The molecule has 4 rings (SSSR count). The van der Waals surface area contributed by atoms with Gasteiger partial charge in [-0.2, -0.15) is 0 Å². The second kappa shape index (κ2) is 9.12. The quantitative estimate of drug-likeness (QED) is 0.683. The second-order valence-corrected chi connectivity index (χ2v) is 7.84. The maximum Gasteiger partial charge on any atom is 0.316 e. The smallest absolute Gasteiger partial charge is 0.316 e. The Hall–Kier alpha value is -2.48. The maximum atomic E-state index is 13.3. The third-order valence-corrected chi connectivity index (χ3v) is 5.82. The van der Waals surface area contributed by atoms with E-state index in [2.05, 4.69) is 4.90 Å². The van der Waals surface area contributed by atoms with E-state index in [1.165, 1.54) is 17.0 Å². The fourth-order valence-electron chi connectivity index (χ4n) is 3.82. The van der Waals surface area contributed by atoms with Crippen molar-refractivity contribution in [2.75, 3.05) is 44.3 Å². The average Bonchev–Trinajstić information content (AvgIpc) is 2.75. The molecule has 0 unspecified atom stereocenters. The zero-order valence-electron chi connectivity index (χ0n) is 16.5. The molecular formula is C22H23ClFN3O3. The molecule has 2 aromatic carbocycles. The molecule has 6 nitrogen and oxygen atoms in total. The molecular weight excluding hydrogens is 409 g/mol. The van der Waals surface area contributed by atoms with Crippen LogP contribution in [-0.4, -0.2) is 61.0 Å². The number of hydrogen-bond donors (Lipinski definition) is 0. The summed E-state index contributed by atoms with van der Waals surface area (Å²) < 4.78 is 18.7. The van der Waals surface area contributed by atoms with Crippen LogP contribution in [0.25, 0.3) is 0 Å². The van der Waals surface area contributed by atoms with Crippen molar-refractivity contribution in [3.05, 3.63) is 64.4 Å². The van der Waals surface area contributed by atoms with E-state index in [1.54, 1.807) is 11.0 Å². The highest BCUT2D eigenvalue weighted by Crippen LogP contribution is 2.26. The SMILES string of the molecule is O=C1C(=O)N(c2ccccc2CN2CCOCC2)CCN1Cc1ccc(F)cc1Cl. The monoisotopic (exact) mass is 431 g/mol. The number of amides is 2. The van der Waals surface area contributed by atoms with Crippen molar-refractivity contribution in [3.63, 3.8) is 0 Å². The molecule has 2 aliphatic rings. The molecule has 2 aromatic rings. The van der Waals surface area contributed by atoms with Crippen LogP contribution in [0.5, 0.6) is 0 Å². The van der Waals surface area contributed by atoms with Crippen LogP contribution in [0, 0.1) is 5.82 Å². The fourth-order valence-corrected chi connectivity index (χ4v) is 4.05. The van der Waals surface area contributed by atoms with E-state index in [-0.39, 0.29) is 11.6 Å². The Morgan fingerprint density at radius 2 is 1.67 bits per heavy atom. The minimum absolute atomic E-state index is 0.174. The summed E-state index contributed by atoms with van der Waals surface area (Å²) in [4.78, 5) is 31.0. The van der Waals surface area contributed by atoms with E-state index >= 15 is 0 Å². The first-order valence-corrected chi connectivity index (χ1v) is 10.3. The van der Waals surface area contributed by atoms with Gasteiger partial charge < -0.3 is 14.5 Å². The van der Waals surface area contributed by atoms with Crippen LogP contribution >= 0.6 is 11.6 Å². The van der Waals surface area contributed by atoms with Gasteiger partial charge in [0.1, 0.15) is 5.82 Å². The summed E-state index contributed by atoms with van der Waals surface area (Å²) in [5, 5.41) is 0.244. The Labute approximate surface area is 179 Å². The Kier molecular flexibility index (Phi) is 6.32. The van der Waals surface area contributed by atoms with Crippen LogP contribution in [0.1, 0.15) is 11.1 Å². The van der Waals surface area contributed by atoms with Gasteiger partial charge in [-0.05, 0) is 29.3 Å². The predicted octanol–water partition coefficient (Wildman–Crippen LogP) is 2.69. The number of hydrogen-bond acceptors (Lipinski definition) is 4. The molecule has 2 saturated heterocycles. The van der Waals surface area contributed by atoms with Gasteiger partial charge in [0.15, 0.2) is 0 Å². The Morgan fingerprint density at radius 3 is 2.43 bits per heavy atom. The second-order valence-electron chi connectivity index (χ2n) is 7.44. The molecule has 2 aliphatic heterocycles. The summed E-state index contributed by atoms with van der Waals surface area (Å²) in [7, 11) is 0. The molecule has 0 aliphatic carbocycles. The van der Waals surface area contributed by atoms with Crippen molar-refractivity contribution in [2.24, 2.45) is 0 Å². The number of carbonyl (C=O) groups is 2. The van der Waals surface area contributed by atoms with Gasteiger partial charge in [-0.1, -0.05) is 35.9 Å². The van der Waals surface area contributed by atoms with Gasteiger partial charge in [0, 0.05) is 50.0 Å². The molecule has 2 fully saturated rings. The van der Waals surface area contributed by atoms with E-state index in [1.807, 2.05) is 24.3 Å². The number of ether oxygens (including phenoxy) is 1. The fraction of sp³-hybridized carbons (Fsp3) is 0.364. The van der Waals surface area contributed by atoms with Crippen molar-refractivity contribution < 1.29 is 18.7 Å². The lowest BCUT2D eigenvalue weighted by molar-refractivity contribution is -0.146. The number of carbonyl (C=O) groups excluding carboxylic acids is 2. The minimum atomic E-state index is -0.581. The van der Waals surface area contributed by atoms with Crippen molar-refractivity contribution in [2.45, 2.75) is 13.1 Å². The average molecular weight is 432 g/mol. The highest BCUT2D eigenvalue weighted by atomic mass is 35.5. The number of piperazine rings is 1. The van der Waals surface area contributed by atoms with Gasteiger partial charge in [0.2, 0.25) is 0 Å². The summed E-state index contributed by atoms with van der Waals surface area (Å²) in [6, 6.07) is 11.7. The lowest BCUT2D eigenvalue weighted by Gasteiger charge is -2.35. The minimum Gasteiger partial charge on any atom is -0.379 e. The van der Waals surface area contributed by atoms with E-state index in [0.29, 0.717) is 38.4 Å². The summed E-state index contributed by atoms with van der Waals surface area (Å²) in [5.74, 6) is -1.58. The molecule has 0 aromatic heterocycles. The predicted molar refractivity (Wildman–Crippen MR) is 112 cm³/mol. The van der Waals surface area contributed by atoms with Gasteiger partial charge >= 0.3 is 11.8 Å². The molecule has 2 heterocycles. The van der Waals surface area contributed by atoms with E-state index in [4.69, 9.17) is 16.3 Å². The number of anilines is 1. The van der Waals surface area contributed by atoms with Crippen LogP contribution in [0.3, 0.4) is 0 Å². The number of benzene rings is 2. The Balaban J connectivity index is 1.48. The summed E-state index contributed by atoms with van der Waals surface area (Å²) in [5.41, 5.74) is 2.39. The van der Waals surface area contributed by atoms with E-state index < -0.39 is 17.6 Å². The van der Waals surface area contributed by atoms with Gasteiger partial charge in [0.25, 0.3) is 0 Å². The first-order valence-electron chi connectivity index (χ1n) is 9.95. The first kappa shape index (κ1) is 20.8. The van der Waals surface area contributed by atoms with Crippen LogP contribution < -0.4 is 4.90 Å². The topological polar surface area (TPSA) is 53.1 Å². The number of para-hydroxylation sites is 1. The molecule has 8 heteroatoms. The number of nitrogens with zero attached hydrogens (tertiary/aromatic N) is 3. The van der Waals surface area contributed by atoms with E-state index in [0.717, 1.165) is 24.3 Å². The normalized spacial score (nSPS) is 18.2. The van der Waals surface area contributed by atoms with Gasteiger partial charge in [-0.15, -0.1) is 0 Å². The van der Waals surface area contributed by atoms with Crippen molar-refractivity contribution >= 4 is 29.1 Å². The molecule has 0 saturated carbocycles. The molecule has 0 N–H and O–H groups in total. The van der Waals surface area contributed by atoms with Crippen molar-refractivity contribution in [3.8, 4) is 0 Å². The largest absolute Gasteiger partial charge is 0.379 e. The molecule has 30 heavy (non-hydrogen) atoms. The summed E-state index contributed by atoms with van der Waals surface area (Å²) in [6.45, 7) is 4.72. The maximum absolute atomic E-state index is 13.3. The van der Waals surface area contributed by atoms with Gasteiger partial charge in [-0.25, -0.2) is 4.39 Å². The number of halogens is 2. The Morgan fingerprint density at radius 1 is 0.900 bits per heavy atom. The molecule has 0 radical (unpaired) electrons. The molecule has 0 atom stereocenters. The highest BCUT2D eigenvalue weighted by Gasteiger charge is 2.34. The van der Waals surface area contributed by atoms with Gasteiger partial charge in [0.05, 0.1) is 13.2 Å². The highest BCUT2D eigenvalue weighted by molar-refractivity contribution is 6.41. The molecule has 0 bridgehead atoms. The molecule has 158 valence electrons. The van der Waals surface area contributed by atoms with E-state index in [9.17, 15) is 14.0 Å². The molecule has 0 spiro atoms. The zero-order chi connectivity index (χ0) is 21.1. The van der Waals surface area contributed by atoms with Crippen LogP contribution in [0.4, 0.5) is 10.1 Å². The third-order valence-electron chi connectivity index (χ3n) is 5.47. The van der Waals surface area contributed by atoms with Crippen LogP contribution in [-0.2, 0) is 27.4 Å². The lowest BCUT2D eigenvalue weighted by Crippen LogP contribution is -2.54. The van der Waals surface area contributed by atoms with Crippen molar-refractivity contribution in [1.82, 2.24) is 9.80 Å². The lowest BCUT2D eigenvalue weighted by atomic mass is 10.1. The standard InChI is InChI=1S/C22H23ClFN3O3/c23-19-13-18(24)6-5-16(19)15-26-7-8-27(22(29)21(26)28)20-4-2-1-3-17(20)14-25-9-11-30-12-10-25/h1-6,13H,7-12,14-15H2. The van der Waals surface area contributed by atoms with Gasteiger partial charge in [-0.3, -0.25) is 14.5 Å². The third kappa shape index (κ3) is 4.48. The zero-order valence-corrected chi connectivity index (χ0v) is 17.3.